The van der Waals surface area contributed by atoms with Gasteiger partial charge in [-0.2, -0.15) is 0 Å². The first-order valence-electron chi connectivity index (χ1n) is 11.2. The summed E-state index contributed by atoms with van der Waals surface area (Å²) in [5.74, 6) is -1.56. The number of aromatic nitrogens is 1. The first kappa shape index (κ1) is 22.6. The van der Waals surface area contributed by atoms with Crippen LogP contribution >= 0.6 is 0 Å². The van der Waals surface area contributed by atoms with Crippen molar-refractivity contribution in [1.29, 1.82) is 0 Å². The standard InChI is InChI=1S/C24H32FN3O4/c1-6-24(2)13-27(10-9-18(24)26(3)4)20-17(25)11-15-19(22(20)32-5)28(14-7-8-14)12-16(21(15)29)23(30)31/h11-12,14,18H,6-10,13H2,1-5H3,(H,30,31). The molecule has 2 aromatic rings. The van der Waals surface area contributed by atoms with E-state index >= 15 is 4.39 Å². The van der Waals surface area contributed by atoms with Crippen molar-refractivity contribution in [2.24, 2.45) is 5.41 Å². The third kappa shape index (κ3) is 3.54. The quantitative estimate of drug-likeness (QED) is 0.730. The van der Waals surface area contributed by atoms with Gasteiger partial charge in [-0.25, -0.2) is 9.18 Å². The Morgan fingerprint density at radius 3 is 2.56 bits per heavy atom. The molecule has 32 heavy (non-hydrogen) atoms. The molecular formula is C24H32FN3O4. The molecule has 0 radical (unpaired) electrons. The first-order valence-corrected chi connectivity index (χ1v) is 11.2. The number of halogens is 1. The molecule has 2 unspecified atom stereocenters. The molecule has 8 heteroatoms. The molecule has 2 aliphatic rings. The van der Waals surface area contributed by atoms with E-state index in [0.29, 0.717) is 36.1 Å². The number of piperidine rings is 1. The van der Waals surface area contributed by atoms with Gasteiger partial charge in [-0.05, 0) is 45.8 Å². The van der Waals surface area contributed by atoms with Crippen LogP contribution in [0, 0.1) is 11.2 Å². The van der Waals surface area contributed by atoms with Gasteiger partial charge in [-0.3, -0.25) is 4.79 Å². The summed E-state index contributed by atoms with van der Waals surface area (Å²) in [7, 11) is 5.65. The Bertz CT molecular complexity index is 1120. The van der Waals surface area contributed by atoms with E-state index in [4.69, 9.17) is 4.74 Å². The van der Waals surface area contributed by atoms with Crippen molar-refractivity contribution in [3.05, 3.63) is 33.9 Å². The highest BCUT2D eigenvalue weighted by molar-refractivity contribution is 5.97. The Labute approximate surface area is 187 Å². The molecule has 2 atom stereocenters. The lowest BCUT2D eigenvalue weighted by Gasteiger charge is -2.49. The van der Waals surface area contributed by atoms with Crippen molar-refractivity contribution in [3.8, 4) is 5.75 Å². The number of carboxylic acids is 1. The summed E-state index contributed by atoms with van der Waals surface area (Å²) in [5.41, 5.74) is -0.234. The van der Waals surface area contributed by atoms with Crippen molar-refractivity contribution in [1.82, 2.24) is 9.47 Å². The van der Waals surface area contributed by atoms with Crippen LogP contribution < -0.4 is 15.1 Å². The van der Waals surface area contributed by atoms with Crippen LogP contribution in [0.25, 0.3) is 10.9 Å². The highest BCUT2D eigenvalue weighted by Gasteiger charge is 2.41. The SMILES string of the molecule is CCC1(C)CN(c2c(F)cc3c(=O)c(C(=O)O)cn(C4CC4)c3c2OC)CCC1N(C)C. The highest BCUT2D eigenvalue weighted by atomic mass is 19.1. The number of pyridine rings is 1. The molecule has 7 nitrogen and oxygen atoms in total. The second-order valence-corrected chi connectivity index (χ2v) is 9.65. The summed E-state index contributed by atoms with van der Waals surface area (Å²) in [4.78, 5) is 28.8. The second-order valence-electron chi connectivity index (χ2n) is 9.65. The van der Waals surface area contributed by atoms with E-state index in [0.717, 1.165) is 25.7 Å². The fourth-order valence-electron chi connectivity index (χ4n) is 5.39. The van der Waals surface area contributed by atoms with Gasteiger partial charge in [0.1, 0.15) is 11.3 Å². The Morgan fingerprint density at radius 1 is 1.34 bits per heavy atom. The zero-order valence-corrected chi connectivity index (χ0v) is 19.4. The number of hydrogen-bond acceptors (Lipinski definition) is 5. The summed E-state index contributed by atoms with van der Waals surface area (Å²) in [6, 6.07) is 1.66. The maximum atomic E-state index is 15.6. The molecule has 2 heterocycles. The van der Waals surface area contributed by atoms with Gasteiger partial charge >= 0.3 is 5.97 Å². The third-order valence-electron chi connectivity index (χ3n) is 7.35. The number of carboxylic acid groups (broad SMARTS) is 1. The van der Waals surface area contributed by atoms with Crippen LogP contribution in [0.3, 0.4) is 0 Å². The average molecular weight is 446 g/mol. The highest BCUT2D eigenvalue weighted by Crippen LogP contribution is 2.46. The Hall–Kier alpha value is -2.61. The van der Waals surface area contributed by atoms with Gasteiger partial charge in [0.15, 0.2) is 11.6 Å². The normalized spacial score (nSPS) is 23.7. The Balaban J connectivity index is 1.93. The minimum Gasteiger partial charge on any atom is -0.492 e. The minimum atomic E-state index is -1.31. The molecule has 174 valence electrons. The molecule has 1 N–H and O–H groups in total. The number of benzene rings is 1. The van der Waals surface area contributed by atoms with Gasteiger partial charge in [0.25, 0.3) is 0 Å². The van der Waals surface area contributed by atoms with E-state index in [1.54, 1.807) is 4.57 Å². The van der Waals surface area contributed by atoms with Crippen LogP contribution in [0.5, 0.6) is 5.75 Å². The molecule has 1 saturated heterocycles. The predicted molar refractivity (Wildman–Crippen MR) is 123 cm³/mol. The zero-order chi connectivity index (χ0) is 23.4. The van der Waals surface area contributed by atoms with Crippen molar-refractivity contribution >= 4 is 22.6 Å². The lowest BCUT2D eigenvalue weighted by atomic mass is 9.74. The van der Waals surface area contributed by atoms with Crippen molar-refractivity contribution in [2.45, 2.75) is 51.6 Å². The van der Waals surface area contributed by atoms with E-state index in [-0.39, 0.29) is 22.4 Å². The van der Waals surface area contributed by atoms with E-state index in [2.05, 4.69) is 32.8 Å². The summed E-state index contributed by atoms with van der Waals surface area (Å²) in [5, 5.41) is 9.56. The van der Waals surface area contributed by atoms with Crippen molar-refractivity contribution in [3.63, 3.8) is 0 Å². The number of hydrogen-bond donors (Lipinski definition) is 1. The lowest BCUT2D eigenvalue weighted by molar-refractivity contribution is 0.0694. The molecule has 0 amide bonds. The first-order chi connectivity index (χ1) is 15.1. The van der Waals surface area contributed by atoms with Gasteiger partial charge < -0.3 is 24.2 Å². The van der Waals surface area contributed by atoms with E-state index in [9.17, 15) is 14.7 Å². The van der Waals surface area contributed by atoms with Gasteiger partial charge in [0, 0.05) is 36.8 Å². The number of aromatic carboxylic acids is 1. The summed E-state index contributed by atoms with van der Waals surface area (Å²) < 4.78 is 23.1. The molecule has 1 aliphatic heterocycles. The third-order valence-corrected chi connectivity index (χ3v) is 7.35. The number of carbonyl (C=O) groups is 1. The number of rotatable bonds is 6. The average Bonchev–Trinajstić information content (AvgIpc) is 3.58. The van der Waals surface area contributed by atoms with E-state index < -0.39 is 17.2 Å². The lowest BCUT2D eigenvalue weighted by Crippen LogP contribution is -2.55. The van der Waals surface area contributed by atoms with E-state index in [1.165, 1.54) is 19.4 Å². The summed E-state index contributed by atoms with van der Waals surface area (Å²) in [6.45, 7) is 5.71. The Kier molecular flexibility index (Phi) is 5.69. The predicted octanol–water partition coefficient (Wildman–Crippen LogP) is 3.74. The number of methoxy groups -OCH3 is 1. The number of fused-ring (bicyclic) bond motifs is 1. The number of ether oxygens (including phenoxy) is 1. The summed E-state index contributed by atoms with van der Waals surface area (Å²) >= 11 is 0. The minimum absolute atomic E-state index is 0.0442. The maximum absolute atomic E-state index is 15.6. The molecule has 1 saturated carbocycles. The van der Waals surface area contributed by atoms with Crippen molar-refractivity contribution < 1.29 is 19.0 Å². The van der Waals surface area contributed by atoms with Crippen molar-refractivity contribution in [2.75, 3.05) is 39.2 Å². The molecule has 1 aliphatic carbocycles. The fourth-order valence-corrected chi connectivity index (χ4v) is 5.39. The molecule has 0 bridgehead atoms. The van der Waals surface area contributed by atoms with Crippen LogP contribution in [0.2, 0.25) is 0 Å². The monoisotopic (exact) mass is 445 g/mol. The number of anilines is 1. The van der Waals surface area contributed by atoms with Crippen LogP contribution in [0.1, 0.15) is 55.9 Å². The fraction of sp³-hybridized carbons (Fsp3) is 0.583. The van der Waals surface area contributed by atoms with Gasteiger partial charge in [-0.1, -0.05) is 13.8 Å². The topological polar surface area (TPSA) is 75.0 Å². The maximum Gasteiger partial charge on any atom is 0.341 e. The molecule has 4 rings (SSSR count). The van der Waals surface area contributed by atoms with Crippen LogP contribution in [0.15, 0.2) is 17.1 Å². The molecule has 2 fully saturated rings. The smallest absolute Gasteiger partial charge is 0.341 e. The van der Waals surface area contributed by atoms with Gasteiger partial charge in [-0.15, -0.1) is 0 Å². The largest absolute Gasteiger partial charge is 0.492 e. The van der Waals surface area contributed by atoms with E-state index in [1.807, 2.05) is 4.90 Å². The molecule has 1 aromatic carbocycles. The molecule has 0 spiro atoms. The number of nitrogens with zero attached hydrogens (tertiary/aromatic N) is 3. The van der Waals surface area contributed by atoms with Crippen LogP contribution in [-0.4, -0.2) is 60.9 Å². The zero-order valence-electron chi connectivity index (χ0n) is 19.4. The Morgan fingerprint density at radius 2 is 2.03 bits per heavy atom. The van der Waals surface area contributed by atoms with Gasteiger partial charge in [0.05, 0.1) is 18.0 Å². The molecular weight excluding hydrogens is 413 g/mol. The van der Waals surface area contributed by atoms with Crippen LogP contribution in [-0.2, 0) is 0 Å². The summed E-state index contributed by atoms with van der Waals surface area (Å²) in [6.07, 6.45) is 4.98. The second kappa shape index (κ2) is 8.06. The van der Waals surface area contributed by atoms with Crippen LogP contribution in [0.4, 0.5) is 10.1 Å². The van der Waals surface area contributed by atoms with Gasteiger partial charge in [0.2, 0.25) is 5.43 Å². The molecule has 1 aromatic heterocycles.